The van der Waals surface area contributed by atoms with Gasteiger partial charge in [0.15, 0.2) is 6.54 Å². The zero-order chi connectivity index (χ0) is 17.2. The van der Waals surface area contributed by atoms with Crippen LogP contribution in [0.4, 0.5) is 5.69 Å². The molecule has 128 valence electrons. The number of fused-ring (bicyclic) bond motifs is 1. The van der Waals surface area contributed by atoms with Gasteiger partial charge in [-0.1, -0.05) is 23.8 Å². The molecule has 0 fully saturated rings. The van der Waals surface area contributed by atoms with Crippen LogP contribution < -0.4 is 10.2 Å². The predicted molar refractivity (Wildman–Crippen MR) is 105 cm³/mol. The van der Waals surface area contributed by atoms with E-state index < -0.39 is 0 Å². The van der Waals surface area contributed by atoms with Gasteiger partial charge in [0.1, 0.15) is 6.04 Å². The Morgan fingerprint density at radius 3 is 2.76 bits per heavy atom. The molecule has 5 heteroatoms. The van der Waals surface area contributed by atoms with Crippen LogP contribution in [0.3, 0.4) is 0 Å². The van der Waals surface area contributed by atoms with Gasteiger partial charge in [0.05, 0.1) is 11.4 Å². The highest BCUT2D eigenvalue weighted by atomic mass is 32.1. The van der Waals surface area contributed by atoms with Gasteiger partial charge in [-0.3, -0.25) is 4.79 Å². The molecular formula is C20H21N2OS2+. The van der Waals surface area contributed by atoms with E-state index in [1.165, 1.54) is 25.8 Å². The monoisotopic (exact) mass is 369 g/mol. The number of benzene rings is 1. The lowest BCUT2D eigenvalue weighted by atomic mass is 9.98. The van der Waals surface area contributed by atoms with E-state index in [1.54, 1.807) is 11.3 Å². The van der Waals surface area contributed by atoms with E-state index in [-0.39, 0.29) is 11.9 Å². The van der Waals surface area contributed by atoms with Crippen LogP contribution in [-0.4, -0.2) is 19.0 Å². The first-order valence-corrected chi connectivity index (χ1v) is 10.3. The molecule has 4 rings (SSSR count). The molecule has 0 saturated carbocycles. The lowest BCUT2D eigenvalue weighted by Crippen LogP contribution is -3.14. The molecule has 25 heavy (non-hydrogen) atoms. The Bertz CT molecular complexity index is 852. The maximum absolute atomic E-state index is 12.6. The van der Waals surface area contributed by atoms with Gasteiger partial charge in [-0.2, -0.15) is 0 Å². The van der Waals surface area contributed by atoms with Crippen molar-refractivity contribution in [3.63, 3.8) is 0 Å². The molecule has 1 aromatic carbocycles. The molecule has 0 spiro atoms. The van der Waals surface area contributed by atoms with Gasteiger partial charge in [0.25, 0.3) is 5.91 Å². The van der Waals surface area contributed by atoms with Gasteiger partial charge in [-0.15, -0.1) is 22.7 Å². The normalized spacial score (nSPS) is 19.4. The predicted octanol–water partition coefficient (Wildman–Crippen LogP) is 3.29. The summed E-state index contributed by atoms with van der Waals surface area (Å²) < 4.78 is 0. The molecule has 3 aromatic rings. The van der Waals surface area contributed by atoms with Crippen molar-refractivity contribution in [2.45, 2.75) is 19.4 Å². The molecule has 0 saturated heterocycles. The van der Waals surface area contributed by atoms with Crippen LogP contribution >= 0.6 is 22.7 Å². The van der Waals surface area contributed by atoms with Gasteiger partial charge in [-0.25, -0.2) is 0 Å². The summed E-state index contributed by atoms with van der Waals surface area (Å²) >= 11 is 3.63. The summed E-state index contributed by atoms with van der Waals surface area (Å²) in [5.41, 5.74) is 3.47. The number of hydrogen-bond donors (Lipinski definition) is 2. The Morgan fingerprint density at radius 2 is 2.00 bits per heavy atom. The topological polar surface area (TPSA) is 33.5 Å². The van der Waals surface area contributed by atoms with Crippen LogP contribution in [0.1, 0.15) is 26.9 Å². The fourth-order valence-electron chi connectivity index (χ4n) is 3.50. The zero-order valence-electron chi connectivity index (χ0n) is 14.1. The molecule has 0 bridgehead atoms. The average Bonchev–Trinajstić information content (AvgIpc) is 3.28. The number of aryl methyl sites for hydroxylation is 1. The maximum atomic E-state index is 12.6. The molecule has 3 nitrogen and oxygen atoms in total. The number of thiophene rings is 2. The standard InChI is InChI=1S/C20H20N2OS2/c1-14-4-6-15(7-5-14)21-19(23)13-22-10-8-17-16(9-12-25-17)20(22)18-3-2-11-24-18/h2-7,9,11-12,20H,8,10,13H2,1H3,(H,21,23)/p+1/t20-/m1/s1. The highest BCUT2D eigenvalue weighted by molar-refractivity contribution is 7.10. The second-order valence-corrected chi connectivity index (χ2v) is 8.48. The van der Waals surface area contributed by atoms with Crippen molar-refractivity contribution in [2.75, 3.05) is 18.4 Å². The number of carbonyl (C=O) groups excluding carboxylic acids is 1. The third-order valence-electron chi connectivity index (χ3n) is 4.72. The largest absolute Gasteiger partial charge is 0.321 e. The van der Waals surface area contributed by atoms with Crippen LogP contribution in [0.15, 0.2) is 53.2 Å². The van der Waals surface area contributed by atoms with E-state index in [4.69, 9.17) is 0 Å². The second-order valence-electron chi connectivity index (χ2n) is 6.50. The molecular weight excluding hydrogens is 348 g/mol. The average molecular weight is 370 g/mol. The van der Waals surface area contributed by atoms with Crippen molar-refractivity contribution >= 4 is 34.3 Å². The van der Waals surface area contributed by atoms with E-state index in [0.717, 1.165) is 18.7 Å². The van der Waals surface area contributed by atoms with Crippen LogP contribution in [0.2, 0.25) is 0 Å². The Balaban J connectivity index is 1.52. The van der Waals surface area contributed by atoms with Crippen molar-refractivity contribution < 1.29 is 9.69 Å². The number of anilines is 1. The van der Waals surface area contributed by atoms with Crippen LogP contribution in [0.25, 0.3) is 0 Å². The van der Waals surface area contributed by atoms with Crippen LogP contribution in [-0.2, 0) is 11.2 Å². The minimum absolute atomic E-state index is 0.0825. The fourth-order valence-corrected chi connectivity index (χ4v) is 5.32. The van der Waals surface area contributed by atoms with Gasteiger partial charge >= 0.3 is 0 Å². The molecule has 1 amide bonds. The summed E-state index contributed by atoms with van der Waals surface area (Å²) in [6.07, 6.45) is 1.06. The molecule has 2 atom stereocenters. The quantitative estimate of drug-likeness (QED) is 0.727. The van der Waals surface area contributed by atoms with Crippen LogP contribution in [0, 0.1) is 6.92 Å². The summed E-state index contributed by atoms with van der Waals surface area (Å²) in [5, 5.41) is 7.35. The number of quaternary nitrogens is 1. The molecule has 3 heterocycles. The maximum Gasteiger partial charge on any atom is 0.279 e. The Hall–Kier alpha value is -1.95. The zero-order valence-corrected chi connectivity index (χ0v) is 15.8. The fraction of sp³-hybridized carbons (Fsp3) is 0.250. The van der Waals surface area contributed by atoms with E-state index in [1.807, 2.05) is 42.5 Å². The van der Waals surface area contributed by atoms with E-state index >= 15 is 0 Å². The molecule has 1 unspecified atom stereocenters. The molecule has 1 aliphatic rings. The Morgan fingerprint density at radius 1 is 1.16 bits per heavy atom. The van der Waals surface area contributed by atoms with Gasteiger partial charge < -0.3 is 10.2 Å². The Labute approximate surface area is 155 Å². The first-order chi connectivity index (χ1) is 12.2. The summed E-state index contributed by atoms with van der Waals surface area (Å²) in [6, 6.07) is 14.8. The highest BCUT2D eigenvalue weighted by Crippen LogP contribution is 2.31. The van der Waals surface area contributed by atoms with E-state index in [2.05, 4.69) is 34.3 Å². The summed E-state index contributed by atoms with van der Waals surface area (Å²) in [7, 11) is 0. The van der Waals surface area contributed by atoms with Crippen molar-refractivity contribution in [3.05, 3.63) is 74.1 Å². The first kappa shape index (κ1) is 16.5. The smallest absolute Gasteiger partial charge is 0.279 e. The van der Waals surface area contributed by atoms with E-state index in [9.17, 15) is 4.79 Å². The van der Waals surface area contributed by atoms with Crippen molar-refractivity contribution in [3.8, 4) is 0 Å². The number of hydrogen-bond acceptors (Lipinski definition) is 3. The molecule has 0 radical (unpaired) electrons. The second kappa shape index (κ2) is 7.12. The minimum atomic E-state index is 0.0825. The highest BCUT2D eigenvalue weighted by Gasteiger charge is 2.35. The van der Waals surface area contributed by atoms with Crippen molar-refractivity contribution in [2.24, 2.45) is 0 Å². The summed E-state index contributed by atoms with van der Waals surface area (Å²) in [4.78, 5) is 16.8. The third-order valence-corrected chi connectivity index (χ3v) is 6.66. The third kappa shape index (κ3) is 3.54. The van der Waals surface area contributed by atoms with Gasteiger partial charge in [0, 0.05) is 22.5 Å². The first-order valence-electron chi connectivity index (χ1n) is 8.51. The van der Waals surface area contributed by atoms with Gasteiger partial charge in [-0.05, 0) is 41.9 Å². The van der Waals surface area contributed by atoms with Crippen molar-refractivity contribution in [1.29, 1.82) is 0 Å². The number of rotatable bonds is 4. The molecule has 1 aliphatic heterocycles. The number of nitrogens with one attached hydrogen (secondary N) is 2. The van der Waals surface area contributed by atoms with Crippen LogP contribution in [0.5, 0.6) is 0 Å². The lowest BCUT2D eigenvalue weighted by Gasteiger charge is -2.31. The Kier molecular flexibility index (Phi) is 4.70. The summed E-state index contributed by atoms with van der Waals surface area (Å²) in [5.74, 6) is 0.0825. The summed E-state index contributed by atoms with van der Waals surface area (Å²) in [6.45, 7) is 3.54. The lowest BCUT2D eigenvalue weighted by molar-refractivity contribution is -0.919. The molecule has 2 N–H and O–H groups in total. The molecule has 0 aliphatic carbocycles. The van der Waals surface area contributed by atoms with Crippen molar-refractivity contribution in [1.82, 2.24) is 0 Å². The van der Waals surface area contributed by atoms with Gasteiger partial charge in [0.2, 0.25) is 0 Å². The van der Waals surface area contributed by atoms with E-state index in [0.29, 0.717) is 6.54 Å². The minimum Gasteiger partial charge on any atom is -0.321 e. The number of carbonyl (C=O) groups is 1. The number of amides is 1. The molecule has 2 aromatic heterocycles. The SMILES string of the molecule is Cc1ccc(NC(=O)C[NH+]2CCc3sccc3[C@@H]2c2cccs2)cc1.